The summed E-state index contributed by atoms with van der Waals surface area (Å²) in [5, 5.41) is 0.0121. The van der Waals surface area contributed by atoms with Crippen molar-refractivity contribution < 1.29 is 17.6 Å². The van der Waals surface area contributed by atoms with Crippen LogP contribution in [-0.2, 0) is 10.0 Å². The van der Waals surface area contributed by atoms with E-state index in [4.69, 9.17) is 23.2 Å². The van der Waals surface area contributed by atoms with Gasteiger partial charge in [0.25, 0.3) is 5.91 Å². The standard InChI is InChI=1S/C13H9Cl2FN2O3S/c1-22(20,21)18-13(19)7-2-3-9(10(14)4-7)8-5-11(15)12(16)17-6-8/h2-6H,1H3,(H,18,19). The van der Waals surface area contributed by atoms with E-state index in [0.29, 0.717) is 11.1 Å². The summed E-state index contributed by atoms with van der Waals surface area (Å²) in [5.41, 5.74) is 1.01. The van der Waals surface area contributed by atoms with Crippen LogP contribution in [0, 0.1) is 5.95 Å². The van der Waals surface area contributed by atoms with Gasteiger partial charge in [0.2, 0.25) is 16.0 Å². The molecule has 9 heteroatoms. The molecule has 0 unspecified atom stereocenters. The molecule has 1 aromatic heterocycles. The number of nitrogens with one attached hydrogen (secondary N) is 1. The van der Waals surface area contributed by atoms with Gasteiger partial charge >= 0.3 is 0 Å². The van der Waals surface area contributed by atoms with Gasteiger partial charge < -0.3 is 0 Å². The molecule has 0 aliphatic carbocycles. The fraction of sp³-hybridized carbons (Fsp3) is 0.0769. The summed E-state index contributed by atoms with van der Waals surface area (Å²) in [6.07, 6.45) is 2.12. The lowest BCUT2D eigenvalue weighted by molar-refractivity contribution is 0.0981. The molecule has 0 saturated carbocycles. The van der Waals surface area contributed by atoms with Crippen molar-refractivity contribution in [3.63, 3.8) is 0 Å². The molecule has 0 aliphatic heterocycles. The Kier molecular flexibility index (Phi) is 4.69. The Bertz CT molecular complexity index is 856. The lowest BCUT2D eigenvalue weighted by Gasteiger charge is -2.08. The van der Waals surface area contributed by atoms with E-state index in [1.54, 1.807) is 0 Å². The minimum Gasteiger partial charge on any atom is -0.268 e. The summed E-state index contributed by atoms with van der Waals surface area (Å²) >= 11 is 11.7. The summed E-state index contributed by atoms with van der Waals surface area (Å²) in [6.45, 7) is 0. The Hall–Kier alpha value is -1.70. The molecule has 0 spiro atoms. The third-order valence-electron chi connectivity index (χ3n) is 2.62. The normalized spacial score (nSPS) is 11.3. The lowest BCUT2D eigenvalue weighted by atomic mass is 10.1. The summed E-state index contributed by atoms with van der Waals surface area (Å²) in [4.78, 5) is 15.2. The largest absolute Gasteiger partial charge is 0.268 e. The molecule has 0 radical (unpaired) electrons. The van der Waals surface area contributed by atoms with E-state index in [2.05, 4.69) is 4.98 Å². The van der Waals surface area contributed by atoms with Crippen LogP contribution in [0.3, 0.4) is 0 Å². The third kappa shape index (κ3) is 3.94. The Morgan fingerprint density at radius 1 is 1.23 bits per heavy atom. The number of amides is 1. The van der Waals surface area contributed by atoms with Crippen LogP contribution in [0.15, 0.2) is 30.5 Å². The second-order valence-corrected chi connectivity index (χ2v) is 6.96. The van der Waals surface area contributed by atoms with Crippen molar-refractivity contribution in [3.8, 4) is 11.1 Å². The minimum atomic E-state index is -3.67. The summed E-state index contributed by atoms with van der Waals surface area (Å²) in [6, 6.07) is 5.53. The second kappa shape index (κ2) is 6.20. The molecule has 0 aliphatic rings. The van der Waals surface area contributed by atoms with Crippen LogP contribution in [0.1, 0.15) is 10.4 Å². The van der Waals surface area contributed by atoms with Crippen molar-refractivity contribution in [2.24, 2.45) is 0 Å². The van der Waals surface area contributed by atoms with Crippen molar-refractivity contribution >= 4 is 39.1 Å². The third-order valence-corrected chi connectivity index (χ3v) is 3.75. The molecule has 1 heterocycles. The monoisotopic (exact) mass is 362 g/mol. The molecule has 2 aromatic rings. The van der Waals surface area contributed by atoms with E-state index in [-0.39, 0.29) is 15.6 Å². The van der Waals surface area contributed by atoms with Crippen LogP contribution < -0.4 is 4.72 Å². The average Bonchev–Trinajstić information content (AvgIpc) is 2.40. The van der Waals surface area contributed by atoms with Crippen LogP contribution in [0.2, 0.25) is 10.0 Å². The van der Waals surface area contributed by atoms with Crippen molar-refractivity contribution in [1.29, 1.82) is 0 Å². The van der Waals surface area contributed by atoms with E-state index in [1.165, 1.54) is 30.5 Å². The topological polar surface area (TPSA) is 76.1 Å². The zero-order valence-electron chi connectivity index (χ0n) is 11.1. The van der Waals surface area contributed by atoms with Gasteiger partial charge in [-0.15, -0.1) is 0 Å². The Morgan fingerprint density at radius 3 is 2.45 bits per heavy atom. The first-order chi connectivity index (χ1) is 10.2. The van der Waals surface area contributed by atoms with Gasteiger partial charge in [-0.05, 0) is 18.2 Å². The van der Waals surface area contributed by atoms with Crippen molar-refractivity contribution in [2.75, 3.05) is 6.26 Å². The number of hydrogen-bond donors (Lipinski definition) is 1. The summed E-state index contributed by atoms with van der Waals surface area (Å²) < 4.78 is 37.0. The fourth-order valence-corrected chi connectivity index (χ4v) is 2.60. The predicted molar refractivity (Wildman–Crippen MR) is 82.0 cm³/mol. The molecule has 0 atom stereocenters. The second-order valence-electron chi connectivity index (χ2n) is 4.39. The van der Waals surface area contributed by atoms with Gasteiger partial charge in [-0.3, -0.25) is 4.79 Å². The SMILES string of the molecule is CS(=O)(=O)NC(=O)c1ccc(-c2cnc(F)c(Cl)c2)c(Cl)c1. The fourth-order valence-electron chi connectivity index (χ4n) is 1.69. The highest BCUT2D eigenvalue weighted by molar-refractivity contribution is 7.89. The smallest absolute Gasteiger partial charge is 0.264 e. The highest BCUT2D eigenvalue weighted by Crippen LogP contribution is 2.30. The number of rotatable bonds is 3. The van der Waals surface area contributed by atoms with Gasteiger partial charge in [0.05, 0.1) is 11.3 Å². The molecule has 5 nitrogen and oxygen atoms in total. The summed E-state index contributed by atoms with van der Waals surface area (Å²) in [7, 11) is -3.67. The lowest BCUT2D eigenvalue weighted by Crippen LogP contribution is -2.29. The van der Waals surface area contributed by atoms with E-state index in [9.17, 15) is 17.6 Å². The maximum absolute atomic E-state index is 13.1. The number of hydrogen-bond acceptors (Lipinski definition) is 4. The predicted octanol–water partition coefficient (Wildman–Crippen LogP) is 2.88. The molecule has 116 valence electrons. The van der Waals surface area contributed by atoms with Crippen molar-refractivity contribution in [1.82, 2.24) is 9.71 Å². The summed E-state index contributed by atoms with van der Waals surface area (Å²) in [5.74, 6) is -1.60. The minimum absolute atomic E-state index is 0.0698. The van der Waals surface area contributed by atoms with Crippen LogP contribution in [0.5, 0.6) is 0 Å². The van der Waals surface area contributed by atoms with Gasteiger partial charge in [0, 0.05) is 27.9 Å². The maximum Gasteiger partial charge on any atom is 0.264 e. The zero-order valence-corrected chi connectivity index (χ0v) is 13.4. The molecule has 1 aromatic carbocycles. The first kappa shape index (κ1) is 16.7. The first-order valence-corrected chi connectivity index (χ1v) is 8.45. The average molecular weight is 363 g/mol. The Balaban J connectivity index is 2.38. The van der Waals surface area contributed by atoms with Crippen LogP contribution in [0.4, 0.5) is 4.39 Å². The van der Waals surface area contributed by atoms with Gasteiger partial charge in [-0.25, -0.2) is 18.1 Å². The number of aromatic nitrogens is 1. The maximum atomic E-state index is 13.1. The molecular formula is C13H9Cl2FN2O3S. The number of halogens is 3. The number of nitrogens with zero attached hydrogens (tertiary/aromatic N) is 1. The Morgan fingerprint density at radius 2 is 1.91 bits per heavy atom. The molecule has 2 rings (SSSR count). The van der Waals surface area contributed by atoms with Crippen LogP contribution in [-0.4, -0.2) is 25.6 Å². The zero-order chi connectivity index (χ0) is 16.5. The Labute approximate surface area is 136 Å². The van der Waals surface area contributed by atoms with Crippen molar-refractivity contribution in [3.05, 3.63) is 52.0 Å². The number of benzene rings is 1. The molecular weight excluding hydrogens is 354 g/mol. The van der Waals surface area contributed by atoms with Gasteiger partial charge in [0.15, 0.2) is 0 Å². The number of sulfonamides is 1. The number of carbonyl (C=O) groups is 1. The highest BCUT2D eigenvalue weighted by atomic mass is 35.5. The van der Waals surface area contributed by atoms with E-state index in [1.807, 2.05) is 4.72 Å². The van der Waals surface area contributed by atoms with E-state index >= 15 is 0 Å². The van der Waals surface area contributed by atoms with E-state index < -0.39 is 21.9 Å². The van der Waals surface area contributed by atoms with Crippen LogP contribution >= 0.6 is 23.2 Å². The van der Waals surface area contributed by atoms with E-state index in [0.717, 1.165) is 6.26 Å². The number of carbonyl (C=O) groups excluding carboxylic acids is 1. The number of pyridine rings is 1. The molecule has 0 saturated heterocycles. The van der Waals surface area contributed by atoms with Gasteiger partial charge in [-0.1, -0.05) is 29.3 Å². The quantitative estimate of drug-likeness (QED) is 0.851. The van der Waals surface area contributed by atoms with Crippen molar-refractivity contribution in [2.45, 2.75) is 0 Å². The molecule has 0 bridgehead atoms. The first-order valence-electron chi connectivity index (χ1n) is 5.80. The molecule has 1 amide bonds. The van der Waals surface area contributed by atoms with Gasteiger partial charge in [-0.2, -0.15) is 4.39 Å². The van der Waals surface area contributed by atoms with Crippen LogP contribution in [0.25, 0.3) is 11.1 Å². The molecule has 0 fully saturated rings. The molecule has 1 N–H and O–H groups in total. The molecule has 22 heavy (non-hydrogen) atoms. The highest BCUT2D eigenvalue weighted by Gasteiger charge is 2.14. The van der Waals surface area contributed by atoms with Gasteiger partial charge in [0.1, 0.15) is 0 Å².